The van der Waals surface area contributed by atoms with Crippen molar-refractivity contribution in [3.05, 3.63) is 12.7 Å². The van der Waals surface area contributed by atoms with Crippen LogP contribution in [0.25, 0.3) is 0 Å². The molecule has 0 saturated heterocycles. The maximum absolute atomic E-state index is 9.25. The summed E-state index contributed by atoms with van der Waals surface area (Å²) in [5.41, 5.74) is 0. The Labute approximate surface area is 69.9 Å². The Balaban J connectivity index is 0. The molecule has 0 bridgehead atoms. The maximum Gasteiger partial charge on any atom is 0.327 e. The normalized spacial score (nSPS) is 9.45. The van der Waals surface area contributed by atoms with Crippen molar-refractivity contribution >= 4 is 14.0 Å². The molecule has 0 spiro atoms. The first-order valence-electron chi connectivity index (χ1n) is 3.69. The van der Waals surface area contributed by atoms with Gasteiger partial charge in [-0.25, -0.2) is 4.79 Å². The summed E-state index contributed by atoms with van der Waals surface area (Å²) in [6.07, 6.45) is 0.833. The zero-order valence-corrected chi connectivity index (χ0v) is 8.85. The molecular weight excluding hydrogens is 156 g/mol. The summed E-state index contributed by atoms with van der Waals surface area (Å²) in [4.78, 5) is 9.25. The van der Waals surface area contributed by atoms with Crippen LogP contribution in [0.1, 0.15) is 6.92 Å². The topological polar surface area (TPSA) is 37.3 Å². The second-order valence-corrected chi connectivity index (χ2v) is 9.29. The van der Waals surface area contributed by atoms with Gasteiger partial charge in [0.25, 0.3) is 0 Å². The Bertz CT molecular complexity index is 125. The minimum atomic E-state index is -0.981. The van der Waals surface area contributed by atoms with Crippen LogP contribution in [0.2, 0.25) is 25.7 Å². The first kappa shape index (κ1) is 13.0. The van der Waals surface area contributed by atoms with Crippen LogP contribution < -0.4 is 0 Å². The van der Waals surface area contributed by atoms with Crippen LogP contribution in [0, 0.1) is 0 Å². The number of aliphatic carboxylic acids is 1. The molecule has 0 heterocycles. The van der Waals surface area contributed by atoms with Crippen molar-refractivity contribution in [1.29, 1.82) is 0 Å². The van der Waals surface area contributed by atoms with E-state index in [1.807, 2.05) is 0 Å². The van der Waals surface area contributed by atoms with Gasteiger partial charge in [-0.2, -0.15) is 0 Å². The molecule has 0 saturated carbocycles. The summed E-state index contributed by atoms with van der Waals surface area (Å²) in [6, 6.07) is 1.41. The molecule has 0 amide bonds. The molecule has 0 radical (unpaired) electrons. The van der Waals surface area contributed by atoms with E-state index in [0.717, 1.165) is 6.08 Å². The molecule has 2 nitrogen and oxygen atoms in total. The fourth-order valence-corrected chi connectivity index (χ4v) is 0. The molecule has 0 aliphatic heterocycles. The van der Waals surface area contributed by atoms with Crippen LogP contribution in [-0.2, 0) is 4.79 Å². The molecule has 0 aromatic carbocycles. The number of carbonyl (C=O) groups is 1. The molecule has 0 atom stereocenters. The molecule has 11 heavy (non-hydrogen) atoms. The van der Waals surface area contributed by atoms with E-state index in [0.29, 0.717) is 0 Å². The van der Waals surface area contributed by atoms with Crippen LogP contribution in [0.15, 0.2) is 12.7 Å². The van der Waals surface area contributed by atoms with Gasteiger partial charge in [-0.1, -0.05) is 39.2 Å². The van der Waals surface area contributed by atoms with E-state index in [9.17, 15) is 4.79 Å². The molecule has 1 N–H and O–H groups in total. The van der Waals surface area contributed by atoms with Crippen LogP contribution in [0.4, 0.5) is 0 Å². The van der Waals surface area contributed by atoms with Gasteiger partial charge in [0, 0.05) is 14.1 Å². The van der Waals surface area contributed by atoms with Crippen molar-refractivity contribution < 1.29 is 9.90 Å². The lowest BCUT2D eigenvalue weighted by Crippen LogP contribution is -2.16. The Morgan fingerprint density at radius 3 is 1.73 bits per heavy atom. The van der Waals surface area contributed by atoms with E-state index in [1.165, 1.54) is 6.04 Å². The van der Waals surface area contributed by atoms with Gasteiger partial charge in [-0.15, -0.1) is 0 Å². The molecule has 0 aromatic rings. The van der Waals surface area contributed by atoms with Gasteiger partial charge >= 0.3 is 5.97 Å². The molecule has 0 rings (SSSR count). The van der Waals surface area contributed by atoms with Gasteiger partial charge < -0.3 is 5.11 Å². The average Bonchev–Trinajstić information content (AvgIpc) is 1.88. The van der Waals surface area contributed by atoms with Gasteiger partial charge in [0.15, 0.2) is 0 Å². The van der Waals surface area contributed by atoms with E-state index in [-0.39, 0.29) is 0 Å². The number of carboxylic acids is 1. The van der Waals surface area contributed by atoms with Gasteiger partial charge in [0.2, 0.25) is 0 Å². The van der Waals surface area contributed by atoms with Crippen molar-refractivity contribution in [2.45, 2.75) is 32.6 Å². The first-order valence-corrected chi connectivity index (χ1v) is 7.39. The minimum absolute atomic E-state index is 0.631. The van der Waals surface area contributed by atoms with Gasteiger partial charge in [-0.05, 0) is 0 Å². The highest BCUT2D eigenvalue weighted by molar-refractivity contribution is 6.75. The lowest BCUT2D eigenvalue weighted by atomic mass is 10.7. The molecule has 66 valence electrons. The summed E-state index contributed by atoms with van der Waals surface area (Å²) in [5.74, 6) is -0.981. The predicted molar refractivity (Wildman–Crippen MR) is 51.7 cm³/mol. The second kappa shape index (κ2) is 6.16. The van der Waals surface area contributed by atoms with Gasteiger partial charge in [0.1, 0.15) is 0 Å². The number of carboxylic acid groups (broad SMARTS) is 1. The first-order chi connectivity index (χ1) is 4.83. The monoisotopic (exact) mass is 174 g/mol. The van der Waals surface area contributed by atoms with E-state index in [4.69, 9.17) is 5.11 Å². The third-order valence-electron chi connectivity index (χ3n) is 1.24. The third kappa shape index (κ3) is 26.5. The quantitative estimate of drug-likeness (QED) is 0.516. The Kier molecular flexibility index (Phi) is 7.30. The molecule has 0 aliphatic rings. The molecule has 0 unspecified atom stereocenters. The van der Waals surface area contributed by atoms with Gasteiger partial charge in [0.05, 0.1) is 0 Å². The standard InChI is InChI=1S/C5H14Si.C3H4O2/c1-5-6(2,3)4;1-2-3(4)5/h5H2,1-4H3;2H,1H2,(H,4,5). The summed E-state index contributed by atoms with van der Waals surface area (Å²) in [6.45, 7) is 12.4. The van der Waals surface area contributed by atoms with E-state index < -0.39 is 14.0 Å². The van der Waals surface area contributed by atoms with Crippen molar-refractivity contribution in [1.82, 2.24) is 0 Å². The smallest absolute Gasteiger partial charge is 0.327 e. The molecular formula is C8H18O2Si. The average molecular weight is 174 g/mol. The summed E-state index contributed by atoms with van der Waals surface area (Å²) in [5, 5.41) is 7.60. The lowest BCUT2D eigenvalue weighted by Gasteiger charge is -2.09. The van der Waals surface area contributed by atoms with Crippen LogP contribution in [-0.4, -0.2) is 19.1 Å². The number of hydrogen-bond donors (Lipinski definition) is 1. The Morgan fingerprint density at radius 2 is 1.73 bits per heavy atom. The molecule has 0 fully saturated rings. The van der Waals surface area contributed by atoms with Gasteiger partial charge in [-0.3, -0.25) is 0 Å². The lowest BCUT2D eigenvalue weighted by molar-refractivity contribution is -0.131. The highest BCUT2D eigenvalue weighted by Crippen LogP contribution is 2.04. The number of rotatable bonds is 2. The minimum Gasteiger partial charge on any atom is -0.478 e. The fraction of sp³-hybridized carbons (Fsp3) is 0.625. The van der Waals surface area contributed by atoms with E-state index in [2.05, 4.69) is 33.1 Å². The number of hydrogen-bond acceptors (Lipinski definition) is 1. The highest BCUT2D eigenvalue weighted by atomic mass is 28.3. The molecule has 3 heteroatoms. The van der Waals surface area contributed by atoms with E-state index in [1.54, 1.807) is 0 Å². The van der Waals surface area contributed by atoms with Crippen LogP contribution >= 0.6 is 0 Å². The summed E-state index contributed by atoms with van der Waals surface area (Å²) >= 11 is 0. The van der Waals surface area contributed by atoms with E-state index >= 15 is 0 Å². The zero-order chi connectivity index (χ0) is 9.49. The maximum atomic E-state index is 9.25. The van der Waals surface area contributed by atoms with Crippen LogP contribution in [0.3, 0.4) is 0 Å². The largest absolute Gasteiger partial charge is 0.478 e. The van der Waals surface area contributed by atoms with Crippen molar-refractivity contribution in [2.75, 3.05) is 0 Å². The predicted octanol–water partition coefficient (Wildman–Crippen LogP) is 2.60. The summed E-state index contributed by atoms with van der Waals surface area (Å²) < 4.78 is 0. The Hall–Kier alpha value is -0.573. The summed E-state index contributed by atoms with van der Waals surface area (Å²) in [7, 11) is -0.631. The Morgan fingerprint density at radius 1 is 1.55 bits per heavy atom. The van der Waals surface area contributed by atoms with Crippen molar-refractivity contribution in [2.24, 2.45) is 0 Å². The molecule has 0 aliphatic carbocycles. The SMILES string of the molecule is C=CC(=O)O.CC[Si](C)(C)C. The van der Waals surface area contributed by atoms with Crippen molar-refractivity contribution in [3.63, 3.8) is 0 Å². The molecule has 0 aromatic heterocycles. The zero-order valence-electron chi connectivity index (χ0n) is 7.85. The fourth-order valence-electron chi connectivity index (χ4n) is 0. The van der Waals surface area contributed by atoms with Crippen LogP contribution in [0.5, 0.6) is 0 Å². The highest BCUT2D eigenvalue weighted by Gasteiger charge is 2.06. The van der Waals surface area contributed by atoms with Crippen molar-refractivity contribution in [3.8, 4) is 0 Å². The second-order valence-electron chi connectivity index (χ2n) is 3.46. The third-order valence-corrected chi connectivity index (χ3v) is 3.36.